The van der Waals surface area contributed by atoms with Crippen LogP contribution in [0.5, 0.6) is 0 Å². The zero-order valence-electron chi connectivity index (χ0n) is 14.7. The highest BCUT2D eigenvalue weighted by Gasteiger charge is 2.45. The van der Waals surface area contributed by atoms with E-state index < -0.39 is 5.60 Å². The summed E-state index contributed by atoms with van der Waals surface area (Å²) in [5.41, 5.74) is 3.37. The Labute approximate surface area is 162 Å². The van der Waals surface area contributed by atoms with Crippen molar-refractivity contribution in [2.45, 2.75) is 49.3 Å². The highest BCUT2D eigenvalue weighted by Crippen LogP contribution is 2.48. The molecule has 1 fully saturated rings. The predicted molar refractivity (Wildman–Crippen MR) is 108 cm³/mol. The Morgan fingerprint density at radius 1 is 1.27 bits per heavy atom. The van der Waals surface area contributed by atoms with Gasteiger partial charge in [0.05, 0.1) is 27.8 Å². The lowest BCUT2D eigenvalue weighted by Gasteiger charge is -2.39. The number of rotatable bonds is 4. The maximum Gasteiger partial charge on any atom is 0.227 e. The van der Waals surface area contributed by atoms with Crippen molar-refractivity contribution in [2.75, 3.05) is 5.32 Å². The Kier molecular flexibility index (Phi) is 4.67. The molecule has 0 saturated heterocycles. The standard InChI is InChI=1S/C19H21ClN4OS/c1-11-6-13(16-10-21-17(26-16)19(25)4-3-5-19)8-14(7-11)24-18-22-9-15(20)12(2)23-18/h6-10,16-17,25H,3-5H2,1-2H3,(H,22,23,24). The number of nitrogens with zero attached hydrogens (tertiary/aromatic N) is 3. The van der Waals surface area contributed by atoms with Crippen molar-refractivity contribution in [3.05, 3.63) is 46.2 Å². The molecule has 5 nitrogen and oxygen atoms in total. The van der Waals surface area contributed by atoms with E-state index in [2.05, 4.69) is 45.4 Å². The third kappa shape index (κ3) is 3.46. The summed E-state index contributed by atoms with van der Waals surface area (Å²) in [5, 5.41) is 14.5. The maximum absolute atomic E-state index is 10.6. The van der Waals surface area contributed by atoms with Crippen molar-refractivity contribution in [1.29, 1.82) is 0 Å². The third-order valence-corrected chi connectivity index (χ3v) is 6.79. The summed E-state index contributed by atoms with van der Waals surface area (Å²) >= 11 is 7.72. The van der Waals surface area contributed by atoms with Crippen LogP contribution in [0.15, 0.2) is 29.4 Å². The molecule has 0 bridgehead atoms. The molecule has 2 unspecified atom stereocenters. The minimum absolute atomic E-state index is 0.0552. The van der Waals surface area contributed by atoms with Crippen LogP contribution in [0.3, 0.4) is 0 Å². The monoisotopic (exact) mass is 388 g/mol. The summed E-state index contributed by atoms with van der Waals surface area (Å²) in [7, 11) is 0. The average Bonchev–Trinajstić information content (AvgIpc) is 3.06. The average molecular weight is 389 g/mol. The lowest BCUT2D eigenvalue weighted by Crippen LogP contribution is -2.45. The van der Waals surface area contributed by atoms with Crippen LogP contribution >= 0.6 is 23.4 Å². The van der Waals surface area contributed by atoms with Crippen molar-refractivity contribution in [1.82, 2.24) is 9.97 Å². The number of aromatic nitrogens is 2. The molecule has 1 saturated carbocycles. The molecule has 2 N–H and O–H groups in total. The molecule has 0 amide bonds. The van der Waals surface area contributed by atoms with E-state index in [-0.39, 0.29) is 10.6 Å². The molecule has 2 atom stereocenters. The predicted octanol–water partition coefficient (Wildman–Crippen LogP) is 4.59. The second-order valence-electron chi connectivity index (χ2n) is 7.05. The summed E-state index contributed by atoms with van der Waals surface area (Å²) in [6.07, 6.45) is 6.36. The Morgan fingerprint density at radius 2 is 2.08 bits per heavy atom. The topological polar surface area (TPSA) is 70.4 Å². The second kappa shape index (κ2) is 6.83. The Morgan fingerprint density at radius 3 is 2.77 bits per heavy atom. The molecule has 136 valence electrons. The highest BCUT2D eigenvalue weighted by atomic mass is 35.5. The molecule has 1 aromatic carbocycles. The van der Waals surface area contributed by atoms with Gasteiger partial charge in [-0.3, -0.25) is 4.99 Å². The van der Waals surface area contributed by atoms with E-state index in [1.165, 1.54) is 0 Å². The molecule has 26 heavy (non-hydrogen) atoms. The number of aryl methyl sites for hydroxylation is 2. The SMILES string of the molecule is Cc1cc(Nc2ncc(Cl)c(C)n2)cc(C2C=NC(C3(O)CCC3)S2)c1. The number of anilines is 2. The van der Waals surface area contributed by atoms with Crippen molar-refractivity contribution in [2.24, 2.45) is 4.99 Å². The van der Waals surface area contributed by atoms with E-state index in [1.807, 2.05) is 13.1 Å². The van der Waals surface area contributed by atoms with Crippen molar-refractivity contribution < 1.29 is 5.11 Å². The quantitative estimate of drug-likeness (QED) is 0.801. The van der Waals surface area contributed by atoms with Crippen molar-refractivity contribution >= 4 is 41.2 Å². The number of nitrogens with one attached hydrogen (secondary N) is 1. The smallest absolute Gasteiger partial charge is 0.227 e. The van der Waals surface area contributed by atoms with Crippen LogP contribution in [0.4, 0.5) is 11.6 Å². The molecular formula is C19H21ClN4OS. The first-order valence-corrected chi connectivity index (χ1v) is 10.0. The molecule has 2 aromatic rings. The Hall–Kier alpha value is -1.63. The molecule has 7 heteroatoms. The van der Waals surface area contributed by atoms with Gasteiger partial charge in [0.2, 0.25) is 5.95 Å². The first-order chi connectivity index (χ1) is 12.4. The summed E-state index contributed by atoms with van der Waals surface area (Å²) in [5.74, 6) is 0.526. The van der Waals surface area contributed by atoms with Gasteiger partial charge in [0, 0.05) is 11.9 Å². The molecule has 1 aliphatic heterocycles. The van der Waals surface area contributed by atoms with Gasteiger partial charge in [0.25, 0.3) is 0 Å². The number of benzene rings is 1. The summed E-state index contributed by atoms with van der Waals surface area (Å²) < 4.78 is 0. The minimum atomic E-state index is -0.616. The number of hydrogen-bond acceptors (Lipinski definition) is 6. The zero-order valence-corrected chi connectivity index (χ0v) is 16.3. The van der Waals surface area contributed by atoms with Crippen LogP contribution in [0.1, 0.15) is 41.3 Å². The van der Waals surface area contributed by atoms with Gasteiger partial charge in [-0.15, -0.1) is 11.8 Å². The first kappa shape index (κ1) is 17.8. The Balaban J connectivity index is 1.53. The second-order valence-corrected chi connectivity index (χ2v) is 8.68. The van der Waals surface area contributed by atoms with Gasteiger partial charge < -0.3 is 10.4 Å². The molecule has 4 rings (SSSR count). The summed E-state index contributed by atoms with van der Waals surface area (Å²) in [4.78, 5) is 13.2. The van der Waals surface area contributed by atoms with Crippen LogP contribution in [0.25, 0.3) is 0 Å². The highest BCUT2D eigenvalue weighted by molar-refractivity contribution is 8.01. The van der Waals surface area contributed by atoms with Gasteiger partial charge >= 0.3 is 0 Å². The fourth-order valence-corrected chi connectivity index (χ4v) is 4.70. The van der Waals surface area contributed by atoms with Crippen LogP contribution in [-0.2, 0) is 0 Å². The fraction of sp³-hybridized carbons (Fsp3) is 0.421. The number of aliphatic imine (C=N–C) groups is 1. The molecule has 2 heterocycles. The lowest BCUT2D eigenvalue weighted by atomic mass is 9.80. The molecule has 0 radical (unpaired) electrons. The number of hydrogen-bond donors (Lipinski definition) is 2. The number of thioether (sulfide) groups is 1. The van der Waals surface area contributed by atoms with Crippen LogP contribution in [-0.4, -0.2) is 32.3 Å². The van der Waals surface area contributed by atoms with E-state index in [0.717, 1.165) is 41.8 Å². The lowest BCUT2D eigenvalue weighted by molar-refractivity contribution is -0.0319. The molecular weight excluding hydrogens is 368 g/mol. The van der Waals surface area contributed by atoms with E-state index in [9.17, 15) is 5.11 Å². The van der Waals surface area contributed by atoms with E-state index in [4.69, 9.17) is 11.6 Å². The molecule has 1 aromatic heterocycles. The Bertz CT molecular complexity index is 869. The van der Waals surface area contributed by atoms with Gasteiger partial charge in [0.15, 0.2) is 0 Å². The van der Waals surface area contributed by atoms with Crippen LogP contribution in [0.2, 0.25) is 5.02 Å². The van der Waals surface area contributed by atoms with E-state index >= 15 is 0 Å². The first-order valence-electron chi connectivity index (χ1n) is 8.72. The normalized spacial score (nSPS) is 23.7. The molecule has 1 aliphatic carbocycles. The molecule has 0 spiro atoms. The zero-order chi connectivity index (χ0) is 18.3. The van der Waals surface area contributed by atoms with Crippen molar-refractivity contribution in [3.63, 3.8) is 0 Å². The van der Waals surface area contributed by atoms with Crippen molar-refractivity contribution in [3.8, 4) is 0 Å². The van der Waals surface area contributed by atoms with Crippen LogP contribution < -0.4 is 5.32 Å². The van der Waals surface area contributed by atoms with Gasteiger partial charge in [-0.25, -0.2) is 9.97 Å². The summed E-state index contributed by atoms with van der Waals surface area (Å²) in [6.45, 7) is 3.92. The largest absolute Gasteiger partial charge is 0.387 e. The minimum Gasteiger partial charge on any atom is -0.387 e. The maximum atomic E-state index is 10.6. The fourth-order valence-electron chi connectivity index (χ4n) is 3.27. The number of aliphatic hydroxyl groups is 1. The summed E-state index contributed by atoms with van der Waals surface area (Å²) in [6, 6.07) is 6.32. The third-order valence-electron chi connectivity index (χ3n) is 4.92. The van der Waals surface area contributed by atoms with Gasteiger partial charge in [-0.1, -0.05) is 17.7 Å². The number of halogens is 1. The van der Waals surface area contributed by atoms with E-state index in [0.29, 0.717) is 11.0 Å². The van der Waals surface area contributed by atoms with Crippen LogP contribution in [0, 0.1) is 13.8 Å². The van der Waals surface area contributed by atoms with E-state index in [1.54, 1.807) is 18.0 Å². The van der Waals surface area contributed by atoms with Gasteiger partial charge in [-0.05, 0) is 56.4 Å². The molecule has 2 aliphatic rings. The van der Waals surface area contributed by atoms with Gasteiger partial charge in [-0.2, -0.15) is 0 Å². The van der Waals surface area contributed by atoms with Gasteiger partial charge in [0.1, 0.15) is 5.37 Å².